The van der Waals surface area contributed by atoms with Crippen LogP contribution in [0.25, 0.3) is 10.9 Å². The van der Waals surface area contributed by atoms with Gasteiger partial charge in [-0.1, -0.05) is 31.5 Å². The van der Waals surface area contributed by atoms with Crippen LogP contribution in [0.5, 0.6) is 0 Å². The molecule has 1 aromatic heterocycles. The molecule has 0 fully saturated rings. The van der Waals surface area contributed by atoms with Gasteiger partial charge in [-0.25, -0.2) is 0 Å². The van der Waals surface area contributed by atoms with Crippen LogP contribution < -0.4 is 0 Å². The summed E-state index contributed by atoms with van der Waals surface area (Å²) in [7, 11) is 0. The Morgan fingerprint density at radius 2 is 2.14 bits per heavy atom. The van der Waals surface area contributed by atoms with Gasteiger partial charge in [-0.05, 0) is 28.4 Å². The van der Waals surface area contributed by atoms with E-state index >= 15 is 0 Å². The second-order valence-corrected chi connectivity index (χ2v) is 4.14. The molecule has 74 valence electrons. The highest BCUT2D eigenvalue weighted by Crippen LogP contribution is 2.22. The zero-order chi connectivity index (χ0) is 9.97. The summed E-state index contributed by atoms with van der Waals surface area (Å²) in [5.74, 6) is 0. The zero-order valence-corrected chi connectivity index (χ0v) is 9.79. The van der Waals surface area contributed by atoms with E-state index in [0.717, 1.165) is 11.1 Å². The molecule has 0 aliphatic rings. The smallest absolute Gasteiger partial charge is 0.135 e. The Kier molecular flexibility index (Phi) is 2.87. The van der Waals surface area contributed by atoms with E-state index in [1.807, 2.05) is 6.07 Å². The summed E-state index contributed by atoms with van der Waals surface area (Å²) in [5.41, 5.74) is 1.22. The quantitative estimate of drug-likeness (QED) is 0.817. The number of hydrogen-bond acceptors (Lipinski definition) is 1. The van der Waals surface area contributed by atoms with Crippen LogP contribution in [0.15, 0.2) is 28.9 Å². The van der Waals surface area contributed by atoms with Crippen molar-refractivity contribution in [1.82, 2.24) is 9.78 Å². The van der Waals surface area contributed by atoms with Crippen LogP contribution >= 0.6 is 15.9 Å². The minimum absolute atomic E-state index is 0.948. The lowest BCUT2D eigenvalue weighted by Crippen LogP contribution is -1.98. The topological polar surface area (TPSA) is 17.8 Å². The minimum Gasteiger partial charge on any atom is -0.264 e. The van der Waals surface area contributed by atoms with Crippen LogP contribution in [0, 0.1) is 0 Å². The van der Waals surface area contributed by atoms with Gasteiger partial charge in [0, 0.05) is 11.9 Å². The van der Waals surface area contributed by atoms with E-state index in [-0.39, 0.29) is 0 Å². The van der Waals surface area contributed by atoms with Gasteiger partial charge in [0.2, 0.25) is 0 Å². The number of nitrogens with zero attached hydrogens (tertiary/aromatic N) is 2. The molecular weight excluding hydrogens is 240 g/mol. The van der Waals surface area contributed by atoms with Crippen molar-refractivity contribution in [2.45, 2.75) is 26.3 Å². The predicted molar refractivity (Wildman–Crippen MR) is 62.3 cm³/mol. The number of aryl methyl sites for hydroxylation is 1. The summed E-state index contributed by atoms with van der Waals surface area (Å²) in [4.78, 5) is 0. The highest BCUT2D eigenvalue weighted by molar-refractivity contribution is 9.10. The molecule has 0 aliphatic heterocycles. The van der Waals surface area contributed by atoms with Crippen LogP contribution in [0.2, 0.25) is 0 Å². The molecule has 0 radical (unpaired) electrons. The fourth-order valence-electron chi connectivity index (χ4n) is 1.57. The molecule has 1 aromatic carbocycles. The Balaban J connectivity index is 2.44. The number of unbranched alkanes of at least 4 members (excludes halogenated alkanes) is 1. The molecule has 0 saturated carbocycles. The molecule has 0 N–H and O–H groups in total. The molecule has 0 aliphatic carbocycles. The summed E-state index contributed by atoms with van der Waals surface area (Å²) in [6.45, 7) is 3.20. The first-order chi connectivity index (χ1) is 6.83. The van der Waals surface area contributed by atoms with Crippen LogP contribution in [-0.2, 0) is 6.54 Å². The van der Waals surface area contributed by atoms with Gasteiger partial charge in [0.1, 0.15) is 4.60 Å². The summed E-state index contributed by atoms with van der Waals surface area (Å²) < 4.78 is 3.02. The molecule has 0 unspecified atom stereocenters. The Hall–Kier alpha value is -0.830. The first-order valence-corrected chi connectivity index (χ1v) is 5.73. The van der Waals surface area contributed by atoms with Crippen LogP contribution in [0.4, 0.5) is 0 Å². The maximum Gasteiger partial charge on any atom is 0.135 e. The van der Waals surface area contributed by atoms with Crippen LogP contribution in [0.1, 0.15) is 19.8 Å². The number of hydrogen-bond donors (Lipinski definition) is 0. The summed E-state index contributed by atoms with van der Waals surface area (Å²) in [6.07, 6.45) is 2.38. The third-order valence-corrected chi connectivity index (χ3v) is 2.92. The van der Waals surface area contributed by atoms with Gasteiger partial charge < -0.3 is 0 Å². The van der Waals surface area contributed by atoms with Crippen molar-refractivity contribution in [2.24, 2.45) is 0 Å². The Labute approximate surface area is 92.0 Å². The van der Waals surface area contributed by atoms with Gasteiger partial charge in [-0.15, -0.1) is 0 Å². The maximum absolute atomic E-state index is 4.46. The molecule has 1 heterocycles. The van der Waals surface area contributed by atoms with E-state index in [9.17, 15) is 0 Å². The molecule has 0 spiro atoms. The maximum atomic E-state index is 4.46. The van der Waals surface area contributed by atoms with Gasteiger partial charge in [-0.3, -0.25) is 4.68 Å². The van der Waals surface area contributed by atoms with Gasteiger partial charge >= 0.3 is 0 Å². The summed E-state index contributed by atoms with van der Waals surface area (Å²) in [6, 6.07) is 8.30. The average Bonchev–Trinajstić information content (AvgIpc) is 2.54. The number of para-hydroxylation sites is 1. The Morgan fingerprint density at radius 1 is 1.36 bits per heavy atom. The van der Waals surface area contributed by atoms with Crippen molar-refractivity contribution >= 4 is 26.8 Å². The van der Waals surface area contributed by atoms with Crippen molar-refractivity contribution in [1.29, 1.82) is 0 Å². The van der Waals surface area contributed by atoms with Crippen molar-refractivity contribution in [3.63, 3.8) is 0 Å². The first kappa shape index (κ1) is 9.71. The summed E-state index contributed by atoms with van der Waals surface area (Å²) >= 11 is 3.48. The normalized spacial score (nSPS) is 11.0. The van der Waals surface area contributed by atoms with E-state index in [0.29, 0.717) is 0 Å². The highest BCUT2D eigenvalue weighted by atomic mass is 79.9. The molecule has 14 heavy (non-hydrogen) atoms. The van der Waals surface area contributed by atoms with Crippen LogP contribution in [0.3, 0.4) is 0 Å². The molecule has 3 heteroatoms. The number of aromatic nitrogens is 2. The SMILES string of the molecule is CCCCn1nc(Br)c2ccccc21. The largest absolute Gasteiger partial charge is 0.264 e. The van der Waals surface area contributed by atoms with E-state index in [4.69, 9.17) is 0 Å². The lowest BCUT2D eigenvalue weighted by molar-refractivity contribution is 0.585. The molecule has 2 rings (SSSR count). The second-order valence-electron chi connectivity index (χ2n) is 3.38. The van der Waals surface area contributed by atoms with E-state index in [2.05, 4.69) is 50.8 Å². The molecule has 2 aromatic rings. The number of benzene rings is 1. The number of rotatable bonds is 3. The zero-order valence-electron chi connectivity index (χ0n) is 8.20. The summed E-state index contributed by atoms with van der Waals surface area (Å²) in [5, 5.41) is 5.66. The van der Waals surface area contributed by atoms with Gasteiger partial charge in [-0.2, -0.15) is 5.10 Å². The Bertz CT molecular complexity index is 434. The number of halogens is 1. The van der Waals surface area contributed by atoms with Gasteiger partial charge in [0.25, 0.3) is 0 Å². The fourth-order valence-corrected chi connectivity index (χ4v) is 2.09. The molecule has 0 bridgehead atoms. The predicted octanol–water partition coefficient (Wildman–Crippen LogP) is 3.60. The average molecular weight is 253 g/mol. The molecule has 0 amide bonds. The minimum atomic E-state index is 0.948. The lowest BCUT2D eigenvalue weighted by Gasteiger charge is -2.00. The third-order valence-electron chi connectivity index (χ3n) is 2.34. The van der Waals surface area contributed by atoms with Crippen molar-refractivity contribution in [3.8, 4) is 0 Å². The van der Waals surface area contributed by atoms with E-state index < -0.39 is 0 Å². The Morgan fingerprint density at radius 3 is 2.93 bits per heavy atom. The van der Waals surface area contributed by atoms with Crippen LogP contribution in [-0.4, -0.2) is 9.78 Å². The monoisotopic (exact) mass is 252 g/mol. The van der Waals surface area contributed by atoms with Crippen molar-refractivity contribution < 1.29 is 0 Å². The lowest BCUT2D eigenvalue weighted by atomic mass is 10.2. The third kappa shape index (κ3) is 1.69. The molecular formula is C11H13BrN2. The van der Waals surface area contributed by atoms with E-state index in [1.54, 1.807) is 0 Å². The second kappa shape index (κ2) is 4.13. The van der Waals surface area contributed by atoms with E-state index in [1.165, 1.54) is 23.7 Å². The van der Waals surface area contributed by atoms with Gasteiger partial charge in [0.15, 0.2) is 0 Å². The fraction of sp³-hybridized carbons (Fsp3) is 0.364. The molecule has 0 atom stereocenters. The first-order valence-electron chi connectivity index (χ1n) is 4.94. The highest BCUT2D eigenvalue weighted by Gasteiger charge is 2.05. The van der Waals surface area contributed by atoms with Gasteiger partial charge in [0.05, 0.1) is 5.52 Å². The number of fused-ring (bicyclic) bond motifs is 1. The standard InChI is InChI=1S/C11H13BrN2/c1-2-3-8-14-10-7-5-4-6-9(10)11(12)13-14/h4-7H,2-3,8H2,1H3. The van der Waals surface area contributed by atoms with Crippen molar-refractivity contribution in [3.05, 3.63) is 28.9 Å². The molecule has 2 nitrogen and oxygen atoms in total. The molecule has 0 saturated heterocycles. The van der Waals surface area contributed by atoms with Crippen molar-refractivity contribution in [2.75, 3.05) is 0 Å².